The number of aromatic hydroxyl groups is 1. The summed E-state index contributed by atoms with van der Waals surface area (Å²) in [6, 6.07) is 3.66. The standard InChI is InChI=1S/C16H26O3/c1-12(2)6-4-3-5-7-13-8-14(10-17)16(19)15(9-13)11-18/h8-9,12,17-19H,3-7,10-11H2,1-2H3. The van der Waals surface area contributed by atoms with Gasteiger partial charge in [0.05, 0.1) is 13.2 Å². The second kappa shape index (κ2) is 8.18. The Morgan fingerprint density at radius 3 is 2.00 bits per heavy atom. The molecular weight excluding hydrogens is 240 g/mol. The Kier molecular flexibility index (Phi) is 6.89. The Bertz CT molecular complexity index is 361. The van der Waals surface area contributed by atoms with Crippen molar-refractivity contribution < 1.29 is 15.3 Å². The van der Waals surface area contributed by atoms with E-state index in [-0.39, 0.29) is 19.0 Å². The molecule has 0 amide bonds. The number of aryl methyl sites for hydroxylation is 1. The molecule has 0 radical (unpaired) electrons. The van der Waals surface area contributed by atoms with Crippen molar-refractivity contribution in [3.63, 3.8) is 0 Å². The number of rotatable bonds is 8. The van der Waals surface area contributed by atoms with Crippen LogP contribution in [-0.4, -0.2) is 15.3 Å². The average Bonchev–Trinajstić information content (AvgIpc) is 2.39. The molecule has 0 aliphatic carbocycles. The summed E-state index contributed by atoms with van der Waals surface area (Å²) in [7, 11) is 0. The summed E-state index contributed by atoms with van der Waals surface area (Å²) in [5.74, 6) is 0.782. The molecule has 0 aromatic heterocycles. The fourth-order valence-electron chi connectivity index (χ4n) is 2.28. The van der Waals surface area contributed by atoms with Gasteiger partial charge >= 0.3 is 0 Å². The molecule has 0 heterocycles. The van der Waals surface area contributed by atoms with Gasteiger partial charge in [-0.2, -0.15) is 0 Å². The number of hydrogen-bond acceptors (Lipinski definition) is 3. The summed E-state index contributed by atoms with van der Waals surface area (Å²) in [5, 5.41) is 28.1. The molecule has 108 valence electrons. The van der Waals surface area contributed by atoms with Crippen LogP contribution in [0.4, 0.5) is 0 Å². The first kappa shape index (κ1) is 16.0. The maximum absolute atomic E-state index is 9.76. The van der Waals surface area contributed by atoms with E-state index in [4.69, 9.17) is 0 Å². The molecule has 1 rings (SSSR count). The topological polar surface area (TPSA) is 60.7 Å². The van der Waals surface area contributed by atoms with Gasteiger partial charge in [-0.05, 0) is 36.5 Å². The van der Waals surface area contributed by atoms with Crippen molar-refractivity contribution in [1.82, 2.24) is 0 Å². The van der Waals surface area contributed by atoms with Crippen molar-refractivity contribution in [2.45, 2.75) is 59.2 Å². The molecule has 0 aliphatic heterocycles. The van der Waals surface area contributed by atoms with E-state index in [1.165, 1.54) is 19.3 Å². The van der Waals surface area contributed by atoms with Crippen molar-refractivity contribution in [2.24, 2.45) is 5.92 Å². The minimum Gasteiger partial charge on any atom is -0.507 e. The molecule has 3 N–H and O–H groups in total. The SMILES string of the molecule is CC(C)CCCCCc1cc(CO)c(O)c(CO)c1. The van der Waals surface area contributed by atoms with Crippen LogP contribution in [0.15, 0.2) is 12.1 Å². The number of aliphatic hydroxyl groups excluding tert-OH is 2. The van der Waals surface area contributed by atoms with E-state index in [2.05, 4.69) is 13.8 Å². The van der Waals surface area contributed by atoms with Gasteiger partial charge in [0, 0.05) is 11.1 Å². The summed E-state index contributed by atoms with van der Waals surface area (Å²) < 4.78 is 0. The van der Waals surface area contributed by atoms with E-state index < -0.39 is 0 Å². The minimum atomic E-state index is -0.194. The fraction of sp³-hybridized carbons (Fsp3) is 0.625. The fourth-order valence-corrected chi connectivity index (χ4v) is 2.28. The molecule has 1 aromatic rings. The Labute approximate surface area is 115 Å². The van der Waals surface area contributed by atoms with Crippen molar-refractivity contribution in [1.29, 1.82) is 0 Å². The molecule has 0 aliphatic rings. The van der Waals surface area contributed by atoms with Gasteiger partial charge < -0.3 is 15.3 Å². The molecule has 19 heavy (non-hydrogen) atoms. The second-order valence-electron chi connectivity index (χ2n) is 5.57. The van der Waals surface area contributed by atoms with Crippen molar-refractivity contribution in [2.75, 3.05) is 0 Å². The zero-order valence-electron chi connectivity index (χ0n) is 12.0. The monoisotopic (exact) mass is 266 g/mol. The molecule has 0 unspecified atom stereocenters. The first-order valence-electron chi connectivity index (χ1n) is 7.13. The van der Waals surface area contributed by atoms with Gasteiger partial charge in [-0.25, -0.2) is 0 Å². The molecule has 3 nitrogen and oxygen atoms in total. The number of unbranched alkanes of at least 4 members (excludes halogenated alkanes) is 2. The first-order valence-corrected chi connectivity index (χ1v) is 7.13. The van der Waals surface area contributed by atoms with Crippen LogP contribution in [0.5, 0.6) is 5.75 Å². The highest BCUT2D eigenvalue weighted by Crippen LogP contribution is 2.26. The van der Waals surface area contributed by atoms with Crippen molar-refractivity contribution >= 4 is 0 Å². The Hall–Kier alpha value is -1.06. The summed E-state index contributed by atoms with van der Waals surface area (Å²) in [5.41, 5.74) is 2.09. The van der Waals surface area contributed by atoms with Gasteiger partial charge in [-0.15, -0.1) is 0 Å². The predicted molar refractivity (Wildman–Crippen MR) is 77.0 cm³/mol. The van der Waals surface area contributed by atoms with E-state index in [0.29, 0.717) is 11.1 Å². The van der Waals surface area contributed by atoms with Gasteiger partial charge in [0.1, 0.15) is 5.75 Å². The third-order valence-electron chi connectivity index (χ3n) is 3.42. The highest BCUT2D eigenvalue weighted by Gasteiger charge is 2.08. The molecule has 0 atom stereocenters. The molecule has 0 fully saturated rings. The third kappa shape index (κ3) is 5.21. The molecule has 1 aromatic carbocycles. The van der Waals surface area contributed by atoms with Gasteiger partial charge in [0.15, 0.2) is 0 Å². The van der Waals surface area contributed by atoms with E-state index in [1.807, 2.05) is 12.1 Å². The van der Waals surface area contributed by atoms with E-state index >= 15 is 0 Å². The predicted octanol–water partition coefficient (Wildman–Crippen LogP) is 3.14. The largest absolute Gasteiger partial charge is 0.507 e. The van der Waals surface area contributed by atoms with Crippen molar-refractivity contribution in [3.05, 3.63) is 28.8 Å². The summed E-state index contributed by atoms with van der Waals surface area (Å²) in [4.78, 5) is 0. The van der Waals surface area contributed by atoms with Crippen molar-refractivity contribution in [3.8, 4) is 5.75 Å². The number of hydrogen-bond donors (Lipinski definition) is 3. The lowest BCUT2D eigenvalue weighted by molar-refractivity contribution is 0.263. The van der Waals surface area contributed by atoms with Crippen LogP contribution in [0.1, 0.15) is 56.2 Å². The van der Waals surface area contributed by atoms with Gasteiger partial charge in [0.2, 0.25) is 0 Å². The quantitative estimate of drug-likeness (QED) is 0.633. The summed E-state index contributed by atoms with van der Waals surface area (Å²) in [6.07, 6.45) is 5.74. The minimum absolute atomic E-state index is 0.0218. The number of benzene rings is 1. The Morgan fingerprint density at radius 1 is 0.947 bits per heavy atom. The molecule has 0 bridgehead atoms. The zero-order chi connectivity index (χ0) is 14.3. The molecule has 3 heteroatoms. The lowest BCUT2D eigenvalue weighted by Gasteiger charge is -2.10. The second-order valence-corrected chi connectivity index (χ2v) is 5.57. The van der Waals surface area contributed by atoms with Gasteiger partial charge in [-0.1, -0.05) is 33.1 Å². The van der Waals surface area contributed by atoms with E-state index in [9.17, 15) is 15.3 Å². The summed E-state index contributed by atoms with van der Waals surface area (Å²) in [6.45, 7) is 4.09. The Balaban J connectivity index is 2.54. The average molecular weight is 266 g/mol. The lowest BCUT2D eigenvalue weighted by atomic mass is 9.99. The van der Waals surface area contributed by atoms with Crippen LogP contribution in [0, 0.1) is 5.92 Å². The van der Waals surface area contributed by atoms with Gasteiger partial charge in [-0.3, -0.25) is 0 Å². The third-order valence-corrected chi connectivity index (χ3v) is 3.42. The number of phenols is 1. The van der Waals surface area contributed by atoms with Crippen LogP contribution < -0.4 is 0 Å². The van der Waals surface area contributed by atoms with Gasteiger partial charge in [0.25, 0.3) is 0 Å². The van der Waals surface area contributed by atoms with E-state index in [1.54, 1.807) is 0 Å². The van der Waals surface area contributed by atoms with Crippen LogP contribution in [-0.2, 0) is 19.6 Å². The smallest absolute Gasteiger partial charge is 0.126 e. The molecule has 0 spiro atoms. The molecule has 0 saturated carbocycles. The highest BCUT2D eigenvalue weighted by atomic mass is 16.3. The van der Waals surface area contributed by atoms with Crippen LogP contribution in [0.2, 0.25) is 0 Å². The summed E-state index contributed by atoms with van der Waals surface area (Å²) >= 11 is 0. The molecule has 0 saturated heterocycles. The lowest BCUT2D eigenvalue weighted by Crippen LogP contribution is -1.96. The Morgan fingerprint density at radius 2 is 1.53 bits per heavy atom. The van der Waals surface area contributed by atoms with Crippen LogP contribution in [0.25, 0.3) is 0 Å². The molecular formula is C16H26O3. The number of aliphatic hydroxyl groups is 2. The zero-order valence-corrected chi connectivity index (χ0v) is 12.0. The normalized spacial score (nSPS) is 11.2. The van der Waals surface area contributed by atoms with Crippen LogP contribution >= 0.6 is 0 Å². The maximum Gasteiger partial charge on any atom is 0.126 e. The van der Waals surface area contributed by atoms with E-state index in [0.717, 1.165) is 24.3 Å². The highest BCUT2D eigenvalue weighted by molar-refractivity contribution is 5.43. The first-order chi connectivity index (χ1) is 9.08. The maximum atomic E-state index is 9.76. The van der Waals surface area contributed by atoms with Crippen LogP contribution in [0.3, 0.4) is 0 Å².